The van der Waals surface area contributed by atoms with Crippen molar-refractivity contribution < 1.29 is 14.3 Å². The number of hydrogen-bond donors (Lipinski definition) is 1. The topological polar surface area (TPSA) is 61.9 Å². The molecule has 1 unspecified atom stereocenters. The number of hydrogen-bond acceptors (Lipinski definition) is 4. The van der Waals surface area contributed by atoms with Gasteiger partial charge in [0.1, 0.15) is 5.75 Å². The zero-order valence-electron chi connectivity index (χ0n) is 17.4. The highest BCUT2D eigenvalue weighted by Crippen LogP contribution is 2.28. The molecule has 1 aliphatic heterocycles. The predicted molar refractivity (Wildman–Crippen MR) is 116 cm³/mol. The first-order valence-electron chi connectivity index (χ1n) is 9.96. The van der Waals surface area contributed by atoms with Crippen LogP contribution in [-0.2, 0) is 16.0 Å². The van der Waals surface area contributed by atoms with E-state index in [-0.39, 0.29) is 24.2 Å². The Morgan fingerprint density at radius 1 is 1.21 bits per heavy atom. The third kappa shape index (κ3) is 5.28. The molecular formula is C23H29N3O3. The molecule has 0 radical (unpaired) electrons. The Kier molecular flexibility index (Phi) is 6.75. The van der Waals surface area contributed by atoms with Crippen molar-refractivity contribution in [2.75, 3.05) is 44.1 Å². The molecule has 6 heteroatoms. The molecule has 1 saturated heterocycles. The van der Waals surface area contributed by atoms with Crippen molar-refractivity contribution >= 4 is 23.2 Å². The summed E-state index contributed by atoms with van der Waals surface area (Å²) in [4.78, 5) is 28.6. The van der Waals surface area contributed by atoms with E-state index in [2.05, 4.69) is 34.5 Å². The maximum Gasteiger partial charge on any atom is 0.227 e. The summed E-state index contributed by atoms with van der Waals surface area (Å²) in [6.07, 6.45) is 2.02. The number of aryl methyl sites for hydroxylation is 1. The van der Waals surface area contributed by atoms with Gasteiger partial charge in [0.15, 0.2) is 0 Å². The fourth-order valence-corrected chi connectivity index (χ4v) is 3.52. The Bertz CT molecular complexity index is 849. The van der Waals surface area contributed by atoms with Gasteiger partial charge >= 0.3 is 0 Å². The molecule has 154 valence electrons. The molecule has 0 aliphatic carbocycles. The average Bonchev–Trinajstić information content (AvgIpc) is 3.13. The van der Waals surface area contributed by atoms with E-state index < -0.39 is 0 Å². The molecule has 29 heavy (non-hydrogen) atoms. The average molecular weight is 396 g/mol. The summed E-state index contributed by atoms with van der Waals surface area (Å²) in [7, 11) is 5.64. The van der Waals surface area contributed by atoms with Crippen molar-refractivity contribution in [1.82, 2.24) is 5.32 Å². The van der Waals surface area contributed by atoms with Crippen molar-refractivity contribution in [3.8, 4) is 5.75 Å². The summed E-state index contributed by atoms with van der Waals surface area (Å²) in [6, 6.07) is 15.8. The number of nitrogens with zero attached hydrogens (tertiary/aromatic N) is 2. The van der Waals surface area contributed by atoms with Gasteiger partial charge in [0.05, 0.1) is 13.0 Å². The molecule has 1 heterocycles. The van der Waals surface area contributed by atoms with E-state index in [1.54, 1.807) is 12.0 Å². The second kappa shape index (κ2) is 9.45. The van der Waals surface area contributed by atoms with Crippen LogP contribution in [0.3, 0.4) is 0 Å². The van der Waals surface area contributed by atoms with Crippen LogP contribution >= 0.6 is 0 Å². The number of methoxy groups -OCH3 is 1. The molecule has 6 nitrogen and oxygen atoms in total. The van der Waals surface area contributed by atoms with Crippen LogP contribution in [0.25, 0.3) is 0 Å². The highest BCUT2D eigenvalue weighted by atomic mass is 16.5. The normalized spacial score (nSPS) is 16.0. The molecular weight excluding hydrogens is 366 g/mol. The van der Waals surface area contributed by atoms with Gasteiger partial charge in [-0.05, 0) is 42.7 Å². The SMILES string of the molecule is COc1cccc(N2CC(C(=O)NCCCc3ccc(N(C)C)cc3)CC2=O)c1. The van der Waals surface area contributed by atoms with Gasteiger partial charge in [0.25, 0.3) is 0 Å². The molecule has 3 rings (SSSR count). The lowest BCUT2D eigenvalue weighted by molar-refractivity contribution is -0.126. The molecule has 1 N–H and O–H groups in total. The lowest BCUT2D eigenvalue weighted by Crippen LogP contribution is -2.33. The van der Waals surface area contributed by atoms with Crippen LogP contribution in [0.4, 0.5) is 11.4 Å². The number of nitrogens with one attached hydrogen (secondary N) is 1. The van der Waals surface area contributed by atoms with E-state index in [0.29, 0.717) is 18.8 Å². The Morgan fingerprint density at radius 3 is 2.66 bits per heavy atom. The fraction of sp³-hybridized carbons (Fsp3) is 0.391. The third-order valence-electron chi connectivity index (χ3n) is 5.26. The van der Waals surface area contributed by atoms with Gasteiger partial charge < -0.3 is 19.9 Å². The van der Waals surface area contributed by atoms with E-state index in [0.717, 1.165) is 18.5 Å². The molecule has 1 aliphatic rings. The number of carbonyl (C=O) groups is 2. The van der Waals surface area contributed by atoms with Gasteiger partial charge in [-0.15, -0.1) is 0 Å². The second-order valence-corrected chi connectivity index (χ2v) is 7.56. The van der Waals surface area contributed by atoms with Gasteiger partial charge in [-0.2, -0.15) is 0 Å². The zero-order chi connectivity index (χ0) is 20.8. The number of anilines is 2. The fourth-order valence-electron chi connectivity index (χ4n) is 3.52. The van der Waals surface area contributed by atoms with Gasteiger partial charge in [0, 0.05) is 51.0 Å². The highest BCUT2D eigenvalue weighted by molar-refractivity contribution is 6.00. The van der Waals surface area contributed by atoms with Crippen LogP contribution in [0.1, 0.15) is 18.4 Å². The lowest BCUT2D eigenvalue weighted by Gasteiger charge is -2.17. The number of carbonyl (C=O) groups excluding carboxylic acids is 2. The van der Waals surface area contributed by atoms with Crippen LogP contribution in [0.5, 0.6) is 5.75 Å². The van der Waals surface area contributed by atoms with Gasteiger partial charge in [-0.25, -0.2) is 0 Å². The van der Waals surface area contributed by atoms with E-state index in [1.807, 2.05) is 38.4 Å². The number of rotatable bonds is 8. The van der Waals surface area contributed by atoms with E-state index in [4.69, 9.17) is 4.74 Å². The largest absolute Gasteiger partial charge is 0.497 e. The second-order valence-electron chi connectivity index (χ2n) is 7.56. The van der Waals surface area contributed by atoms with Gasteiger partial charge in [-0.3, -0.25) is 9.59 Å². The van der Waals surface area contributed by atoms with Crippen LogP contribution in [0.15, 0.2) is 48.5 Å². The van der Waals surface area contributed by atoms with E-state index >= 15 is 0 Å². The Morgan fingerprint density at radius 2 is 1.97 bits per heavy atom. The predicted octanol–water partition coefficient (Wildman–Crippen LogP) is 2.86. The minimum absolute atomic E-state index is 0.0283. The quantitative estimate of drug-likeness (QED) is 0.698. The van der Waals surface area contributed by atoms with Crippen LogP contribution in [0.2, 0.25) is 0 Å². The first kappa shape index (κ1) is 20.7. The minimum atomic E-state index is -0.312. The Balaban J connectivity index is 1.45. The maximum absolute atomic E-state index is 12.5. The number of ether oxygens (including phenoxy) is 1. The molecule has 0 aromatic heterocycles. The number of benzene rings is 2. The maximum atomic E-state index is 12.5. The standard InChI is InChI=1S/C23H29N3O3/c1-25(2)19-11-9-17(10-12-19)6-5-13-24-23(28)18-14-22(27)26(16-18)20-7-4-8-21(15-20)29-3/h4,7-12,15,18H,5-6,13-14,16H2,1-3H3,(H,24,28). The van der Waals surface area contributed by atoms with Crippen LogP contribution < -0.4 is 19.9 Å². The minimum Gasteiger partial charge on any atom is -0.497 e. The first-order chi connectivity index (χ1) is 14.0. The van der Waals surface area contributed by atoms with Crippen molar-refractivity contribution in [2.45, 2.75) is 19.3 Å². The highest BCUT2D eigenvalue weighted by Gasteiger charge is 2.35. The number of amides is 2. The molecule has 2 amide bonds. The molecule has 0 saturated carbocycles. The van der Waals surface area contributed by atoms with Gasteiger partial charge in [-0.1, -0.05) is 18.2 Å². The summed E-state index contributed by atoms with van der Waals surface area (Å²) in [5.74, 6) is 0.306. The summed E-state index contributed by atoms with van der Waals surface area (Å²) in [6.45, 7) is 1.02. The van der Waals surface area contributed by atoms with Crippen molar-refractivity contribution in [1.29, 1.82) is 0 Å². The first-order valence-corrected chi connectivity index (χ1v) is 9.96. The van der Waals surface area contributed by atoms with Crippen molar-refractivity contribution in [3.05, 3.63) is 54.1 Å². The van der Waals surface area contributed by atoms with Crippen LogP contribution in [-0.4, -0.2) is 46.1 Å². The van der Waals surface area contributed by atoms with E-state index in [1.165, 1.54) is 11.3 Å². The lowest BCUT2D eigenvalue weighted by atomic mass is 10.1. The molecule has 1 atom stereocenters. The third-order valence-corrected chi connectivity index (χ3v) is 5.26. The van der Waals surface area contributed by atoms with Crippen LogP contribution in [0, 0.1) is 5.92 Å². The summed E-state index contributed by atoms with van der Waals surface area (Å²) in [5.41, 5.74) is 3.20. The van der Waals surface area contributed by atoms with E-state index in [9.17, 15) is 9.59 Å². The Labute approximate surface area is 172 Å². The molecule has 0 bridgehead atoms. The smallest absolute Gasteiger partial charge is 0.227 e. The molecule has 2 aromatic carbocycles. The molecule has 1 fully saturated rings. The Hall–Kier alpha value is -3.02. The summed E-state index contributed by atoms with van der Waals surface area (Å²) >= 11 is 0. The van der Waals surface area contributed by atoms with Crippen molar-refractivity contribution in [3.63, 3.8) is 0 Å². The monoisotopic (exact) mass is 395 g/mol. The zero-order valence-corrected chi connectivity index (χ0v) is 17.4. The summed E-state index contributed by atoms with van der Waals surface area (Å²) in [5, 5.41) is 2.99. The van der Waals surface area contributed by atoms with Gasteiger partial charge in [0.2, 0.25) is 11.8 Å². The van der Waals surface area contributed by atoms with Crippen molar-refractivity contribution in [2.24, 2.45) is 5.92 Å². The molecule has 0 spiro atoms. The molecule has 2 aromatic rings. The summed E-state index contributed by atoms with van der Waals surface area (Å²) < 4.78 is 5.22.